The van der Waals surface area contributed by atoms with Gasteiger partial charge >= 0.3 is 0 Å². The predicted octanol–water partition coefficient (Wildman–Crippen LogP) is 6.15. The third kappa shape index (κ3) is 7.25. The van der Waals surface area contributed by atoms with E-state index in [1.165, 1.54) is 12.1 Å². The highest BCUT2D eigenvalue weighted by atomic mass is 28.3. The first-order chi connectivity index (χ1) is 13.6. The number of ether oxygens (including phenoxy) is 1. The second-order valence-corrected chi connectivity index (χ2v) is 11.0. The minimum atomic E-state index is -1.04. The first-order valence-corrected chi connectivity index (χ1v) is 12.6. The van der Waals surface area contributed by atoms with Crippen molar-refractivity contribution in [1.29, 1.82) is 0 Å². The minimum Gasteiger partial charge on any atom is -0.488 e. The van der Waals surface area contributed by atoms with E-state index >= 15 is 0 Å². The molecule has 0 aliphatic carbocycles. The molecule has 3 nitrogen and oxygen atoms in total. The molecule has 0 heterocycles. The van der Waals surface area contributed by atoms with Crippen LogP contribution in [0.25, 0.3) is 0 Å². The Morgan fingerprint density at radius 3 is 2.31 bits per heavy atom. The van der Waals surface area contributed by atoms with Crippen LogP contribution in [0.4, 0.5) is 4.39 Å². The Hall–Kier alpha value is -1.69. The van der Waals surface area contributed by atoms with E-state index in [9.17, 15) is 9.50 Å². The van der Waals surface area contributed by atoms with E-state index in [-0.39, 0.29) is 23.3 Å². The molecule has 2 aromatic rings. The fourth-order valence-corrected chi connectivity index (χ4v) is 3.95. The Morgan fingerprint density at radius 2 is 1.72 bits per heavy atom. The average Bonchev–Trinajstić information content (AvgIpc) is 2.65. The van der Waals surface area contributed by atoms with Crippen LogP contribution in [0.3, 0.4) is 0 Å². The SMILES string of the molecule is C[C@H]([C@@H](O)CC(O[Si](C)C)c1ccc(F)cc1OCc1ccccc1)C(C)(C)C. The average molecular weight is 418 g/mol. The van der Waals surface area contributed by atoms with Gasteiger partial charge in [-0.15, -0.1) is 0 Å². The topological polar surface area (TPSA) is 38.7 Å². The molecule has 2 rings (SSSR count). The van der Waals surface area contributed by atoms with Crippen LogP contribution in [-0.2, 0) is 11.0 Å². The fourth-order valence-electron chi connectivity index (χ4n) is 3.16. The van der Waals surface area contributed by atoms with Crippen molar-refractivity contribution in [3.63, 3.8) is 0 Å². The number of rotatable bonds is 9. The van der Waals surface area contributed by atoms with E-state index in [2.05, 4.69) is 40.8 Å². The summed E-state index contributed by atoms with van der Waals surface area (Å²) in [5.74, 6) is 0.211. The summed E-state index contributed by atoms with van der Waals surface area (Å²) in [4.78, 5) is 0. The maximum absolute atomic E-state index is 14.0. The number of halogens is 1. The van der Waals surface area contributed by atoms with Gasteiger partial charge in [-0.3, -0.25) is 0 Å². The molecule has 29 heavy (non-hydrogen) atoms. The van der Waals surface area contributed by atoms with Crippen molar-refractivity contribution in [2.75, 3.05) is 0 Å². The molecule has 0 aliphatic heterocycles. The van der Waals surface area contributed by atoms with Crippen LogP contribution in [0.15, 0.2) is 48.5 Å². The zero-order chi connectivity index (χ0) is 21.6. The highest BCUT2D eigenvalue weighted by Gasteiger charge is 2.31. The van der Waals surface area contributed by atoms with Crippen LogP contribution in [0.1, 0.15) is 51.3 Å². The Bertz CT molecular complexity index is 758. The van der Waals surface area contributed by atoms with Gasteiger partial charge in [-0.05, 0) is 42.1 Å². The number of hydrogen-bond donors (Lipinski definition) is 1. The Morgan fingerprint density at radius 1 is 1.07 bits per heavy atom. The van der Waals surface area contributed by atoms with Crippen molar-refractivity contribution in [3.05, 3.63) is 65.5 Å². The normalized spacial score (nSPS) is 15.2. The molecular weight excluding hydrogens is 383 g/mol. The highest BCUT2D eigenvalue weighted by Crippen LogP contribution is 2.37. The van der Waals surface area contributed by atoms with Crippen molar-refractivity contribution in [2.24, 2.45) is 11.3 Å². The Balaban J connectivity index is 2.27. The fraction of sp³-hybridized carbons (Fsp3) is 0.500. The van der Waals surface area contributed by atoms with E-state index in [0.29, 0.717) is 18.8 Å². The third-order valence-corrected chi connectivity index (χ3v) is 6.09. The smallest absolute Gasteiger partial charge is 0.205 e. The summed E-state index contributed by atoms with van der Waals surface area (Å²) in [6.07, 6.45) is -0.430. The van der Waals surface area contributed by atoms with Gasteiger partial charge < -0.3 is 14.3 Å². The molecule has 0 fully saturated rings. The van der Waals surface area contributed by atoms with Crippen LogP contribution in [0.2, 0.25) is 13.1 Å². The zero-order valence-electron chi connectivity index (χ0n) is 18.4. The minimum absolute atomic E-state index is 0.0222. The van der Waals surface area contributed by atoms with Crippen LogP contribution in [0, 0.1) is 17.2 Å². The summed E-state index contributed by atoms with van der Waals surface area (Å²) in [5.41, 5.74) is 1.78. The molecule has 0 aliphatic rings. The molecule has 0 saturated heterocycles. The molecule has 0 bridgehead atoms. The number of hydrogen-bond acceptors (Lipinski definition) is 3. The lowest BCUT2D eigenvalue weighted by Gasteiger charge is -2.34. The molecule has 1 unspecified atom stereocenters. The molecule has 3 atom stereocenters. The van der Waals surface area contributed by atoms with Crippen molar-refractivity contribution < 1.29 is 18.7 Å². The molecule has 1 N–H and O–H groups in total. The van der Waals surface area contributed by atoms with Crippen LogP contribution < -0.4 is 4.74 Å². The van der Waals surface area contributed by atoms with Gasteiger partial charge in [0.05, 0.1) is 12.2 Å². The zero-order valence-corrected chi connectivity index (χ0v) is 19.4. The lowest BCUT2D eigenvalue weighted by molar-refractivity contribution is 0.0165. The van der Waals surface area contributed by atoms with E-state index in [1.54, 1.807) is 6.07 Å². The molecule has 2 aromatic carbocycles. The third-order valence-electron chi connectivity index (χ3n) is 5.34. The van der Waals surface area contributed by atoms with Gasteiger partial charge in [-0.2, -0.15) is 0 Å². The summed E-state index contributed by atoms with van der Waals surface area (Å²) in [7, 11) is -1.04. The van der Waals surface area contributed by atoms with E-state index in [1.807, 2.05) is 30.3 Å². The second kappa shape index (κ2) is 10.4. The first kappa shape index (κ1) is 23.6. The van der Waals surface area contributed by atoms with Crippen molar-refractivity contribution in [3.8, 4) is 5.75 Å². The van der Waals surface area contributed by atoms with Crippen molar-refractivity contribution >= 4 is 9.04 Å². The van der Waals surface area contributed by atoms with Gasteiger partial charge in [0.15, 0.2) is 0 Å². The summed E-state index contributed by atoms with van der Waals surface area (Å²) in [6, 6.07) is 14.4. The molecule has 0 aromatic heterocycles. The summed E-state index contributed by atoms with van der Waals surface area (Å²) < 4.78 is 26.2. The van der Waals surface area contributed by atoms with E-state index in [4.69, 9.17) is 9.16 Å². The number of benzene rings is 2. The Kier molecular flexibility index (Phi) is 8.43. The number of aliphatic hydroxyl groups excluding tert-OH is 1. The predicted molar refractivity (Wildman–Crippen MR) is 118 cm³/mol. The lowest BCUT2D eigenvalue weighted by Crippen LogP contribution is -2.32. The van der Waals surface area contributed by atoms with Crippen LogP contribution in [-0.4, -0.2) is 20.3 Å². The molecule has 0 saturated carbocycles. The standard InChI is InChI=1S/C24H34FO3Si/c1-17(24(2,3)4)21(26)15-23(28-29(5)6)20-13-12-19(25)14-22(20)27-16-18-10-8-7-9-11-18/h7-14,17,21,23,26H,15-16H2,1-6H3/t17-,21+,23?/m1/s1. The van der Waals surface area contributed by atoms with Gasteiger partial charge in [0, 0.05) is 18.1 Å². The monoisotopic (exact) mass is 417 g/mol. The number of aliphatic hydroxyl groups is 1. The maximum atomic E-state index is 14.0. The molecular formula is C24H34FO3Si. The van der Waals surface area contributed by atoms with Gasteiger partial charge in [0.1, 0.15) is 18.2 Å². The molecule has 159 valence electrons. The van der Waals surface area contributed by atoms with Crippen molar-refractivity contribution in [1.82, 2.24) is 0 Å². The molecule has 0 spiro atoms. The quantitative estimate of drug-likeness (QED) is 0.498. The van der Waals surface area contributed by atoms with Crippen LogP contribution in [0.5, 0.6) is 5.75 Å². The molecule has 1 radical (unpaired) electrons. The van der Waals surface area contributed by atoms with Gasteiger partial charge in [0.2, 0.25) is 9.04 Å². The lowest BCUT2D eigenvalue weighted by atomic mass is 9.77. The summed E-state index contributed by atoms with van der Waals surface area (Å²) >= 11 is 0. The highest BCUT2D eigenvalue weighted by molar-refractivity contribution is 6.48. The van der Waals surface area contributed by atoms with Crippen molar-refractivity contribution in [2.45, 2.75) is 66.0 Å². The van der Waals surface area contributed by atoms with Gasteiger partial charge in [-0.1, -0.05) is 58.0 Å². The summed E-state index contributed by atoms with van der Waals surface area (Å²) in [6.45, 7) is 12.9. The summed E-state index contributed by atoms with van der Waals surface area (Å²) in [5, 5.41) is 10.9. The second-order valence-electron chi connectivity index (χ2n) is 8.93. The van der Waals surface area contributed by atoms with E-state index in [0.717, 1.165) is 11.1 Å². The van der Waals surface area contributed by atoms with Gasteiger partial charge in [0.25, 0.3) is 0 Å². The first-order valence-electron chi connectivity index (χ1n) is 10.2. The van der Waals surface area contributed by atoms with Crippen LogP contribution >= 0.6 is 0 Å². The largest absolute Gasteiger partial charge is 0.488 e. The molecule has 5 heteroatoms. The molecule has 0 amide bonds. The maximum Gasteiger partial charge on any atom is 0.205 e. The van der Waals surface area contributed by atoms with E-state index < -0.39 is 15.1 Å². The Labute approximate surface area is 176 Å². The van der Waals surface area contributed by atoms with Gasteiger partial charge in [-0.25, -0.2) is 4.39 Å².